The Morgan fingerprint density at radius 2 is 2.13 bits per heavy atom. The average Bonchev–Trinajstić information content (AvgIpc) is 2.46. The number of furan rings is 1. The Balaban J connectivity index is 2.87. The molecule has 4 heteroatoms. The lowest BCUT2D eigenvalue weighted by Crippen LogP contribution is -2.07. The summed E-state index contributed by atoms with van der Waals surface area (Å²) in [6.07, 6.45) is 1.64. The fourth-order valence-electron chi connectivity index (χ4n) is 1.28. The summed E-state index contributed by atoms with van der Waals surface area (Å²) in [7, 11) is 0. The Kier molecular flexibility index (Phi) is 3.77. The van der Waals surface area contributed by atoms with Crippen LogP contribution in [0.4, 0.5) is 0 Å². The Labute approximate surface area is 88.8 Å². The number of carbonyl (C=O) groups is 1. The topological polar surface area (TPSA) is 59.7 Å². The molecule has 0 aliphatic rings. The summed E-state index contributed by atoms with van der Waals surface area (Å²) in [5.41, 5.74) is 0. The Hall–Kier alpha value is -1.45. The van der Waals surface area contributed by atoms with Crippen molar-refractivity contribution in [2.45, 2.75) is 40.0 Å². The first-order valence-electron chi connectivity index (χ1n) is 5.12. The third kappa shape index (κ3) is 2.52. The number of aromatic hydroxyl groups is 1. The Bertz CT molecular complexity index is 352. The monoisotopic (exact) mass is 212 g/mol. The highest BCUT2D eigenvalue weighted by molar-refractivity contribution is 5.73. The van der Waals surface area contributed by atoms with Crippen LogP contribution in [0.2, 0.25) is 0 Å². The number of esters is 1. The van der Waals surface area contributed by atoms with Crippen molar-refractivity contribution in [2.24, 2.45) is 0 Å². The van der Waals surface area contributed by atoms with Crippen LogP contribution in [-0.2, 0) is 11.2 Å². The number of ether oxygens (including phenoxy) is 1. The third-order valence-electron chi connectivity index (χ3n) is 2.07. The first kappa shape index (κ1) is 11.6. The first-order valence-corrected chi connectivity index (χ1v) is 5.12. The molecule has 0 aromatic carbocycles. The summed E-state index contributed by atoms with van der Waals surface area (Å²) in [6, 6.07) is 0. The van der Waals surface area contributed by atoms with Gasteiger partial charge in [-0.3, -0.25) is 4.79 Å². The number of rotatable bonds is 4. The Morgan fingerprint density at radius 1 is 1.47 bits per heavy atom. The van der Waals surface area contributed by atoms with Crippen LogP contribution < -0.4 is 4.74 Å². The molecule has 0 radical (unpaired) electrons. The predicted octanol–water partition coefficient (Wildman–Crippen LogP) is 2.56. The van der Waals surface area contributed by atoms with Crippen LogP contribution in [0.15, 0.2) is 4.42 Å². The highest BCUT2D eigenvalue weighted by Gasteiger charge is 2.19. The molecule has 0 aliphatic heterocycles. The van der Waals surface area contributed by atoms with E-state index < -0.39 is 0 Å². The number of hydrogen-bond acceptors (Lipinski definition) is 4. The molecule has 0 aliphatic carbocycles. The van der Waals surface area contributed by atoms with Crippen LogP contribution in [0.3, 0.4) is 0 Å². The van der Waals surface area contributed by atoms with Gasteiger partial charge >= 0.3 is 5.97 Å². The summed E-state index contributed by atoms with van der Waals surface area (Å²) in [5, 5.41) is 9.60. The van der Waals surface area contributed by atoms with Crippen molar-refractivity contribution in [3.05, 3.63) is 11.5 Å². The summed E-state index contributed by atoms with van der Waals surface area (Å²) in [4.78, 5) is 11.3. The SMILES string of the molecule is CCCC(=O)Oc1c(CC)oc(C)c1O. The fraction of sp³-hybridized carbons (Fsp3) is 0.545. The molecule has 0 atom stereocenters. The molecule has 0 fully saturated rings. The Morgan fingerprint density at radius 3 is 2.67 bits per heavy atom. The zero-order valence-electron chi connectivity index (χ0n) is 9.29. The molecule has 84 valence electrons. The van der Waals surface area contributed by atoms with Gasteiger partial charge < -0.3 is 14.3 Å². The summed E-state index contributed by atoms with van der Waals surface area (Å²) < 4.78 is 10.3. The quantitative estimate of drug-likeness (QED) is 0.779. The molecule has 4 nitrogen and oxygen atoms in total. The molecular weight excluding hydrogens is 196 g/mol. The zero-order valence-corrected chi connectivity index (χ0v) is 9.29. The lowest BCUT2D eigenvalue weighted by atomic mass is 10.3. The molecule has 1 rings (SSSR count). The van der Waals surface area contributed by atoms with Crippen molar-refractivity contribution in [2.75, 3.05) is 0 Å². The molecule has 1 aromatic heterocycles. The van der Waals surface area contributed by atoms with Gasteiger partial charge in [0, 0.05) is 12.8 Å². The van der Waals surface area contributed by atoms with Gasteiger partial charge in [-0.25, -0.2) is 0 Å². The van der Waals surface area contributed by atoms with Crippen molar-refractivity contribution in [1.82, 2.24) is 0 Å². The number of aryl methyl sites for hydroxylation is 2. The van der Waals surface area contributed by atoms with Crippen LogP contribution in [-0.4, -0.2) is 11.1 Å². The van der Waals surface area contributed by atoms with E-state index >= 15 is 0 Å². The number of carbonyl (C=O) groups excluding carboxylic acids is 1. The lowest BCUT2D eigenvalue weighted by Gasteiger charge is -2.02. The van der Waals surface area contributed by atoms with E-state index in [1.54, 1.807) is 6.92 Å². The van der Waals surface area contributed by atoms with Crippen molar-refractivity contribution >= 4 is 5.97 Å². The second kappa shape index (κ2) is 4.87. The van der Waals surface area contributed by atoms with Gasteiger partial charge in [-0.2, -0.15) is 0 Å². The van der Waals surface area contributed by atoms with E-state index in [2.05, 4.69) is 0 Å². The predicted molar refractivity (Wildman–Crippen MR) is 55.0 cm³/mol. The fourth-order valence-corrected chi connectivity index (χ4v) is 1.28. The van der Waals surface area contributed by atoms with E-state index in [0.717, 1.165) is 6.42 Å². The maximum absolute atomic E-state index is 11.3. The van der Waals surface area contributed by atoms with Gasteiger partial charge in [0.2, 0.25) is 11.5 Å². The molecule has 0 amide bonds. The maximum atomic E-state index is 11.3. The van der Waals surface area contributed by atoms with Crippen LogP contribution in [0.1, 0.15) is 38.2 Å². The molecule has 1 heterocycles. The standard InChI is InChI=1S/C11H16O4/c1-4-6-9(12)15-11-8(5-2)14-7(3)10(11)13/h13H,4-6H2,1-3H3. The van der Waals surface area contributed by atoms with E-state index in [1.807, 2.05) is 13.8 Å². The normalized spacial score (nSPS) is 10.3. The van der Waals surface area contributed by atoms with Crippen molar-refractivity contribution < 1.29 is 19.1 Å². The average molecular weight is 212 g/mol. The molecule has 0 saturated heterocycles. The van der Waals surface area contributed by atoms with Gasteiger partial charge in [0.1, 0.15) is 5.76 Å². The maximum Gasteiger partial charge on any atom is 0.311 e. The van der Waals surface area contributed by atoms with E-state index in [-0.39, 0.29) is 17.5 Å². The van der Waals surface area contributed by atoms with Gasteiger partial charge in [-0.05, 0) is 13.3 Å². The van der Waals surface area contributed by atoms with E-state index in [9.17, 15) is 9.90 Å². The molecule has 0 unspecified atom stereocenters. The molecule has 0 spiro atoms. The molecule has 0 bridgehead atoms. The molecular formula is C11H16O4. The third-order valence-corrected chi connectivity index (χ3v) is 2.07. The van der Waals surface area contributed by atoms with Gasteiger partial charge in [-0.15, -0.1) is 0 Å². The second-order valence-corrected chi connectivity index (χ2v) is 3.34. The van der Waals surface area contributed by atoms with Gasteiger partial charge in [0.25, 0.3) is 0 Å². The largest absolute Gasteiger partial charge is 0.502 e. The summed E-state index contributed by atoms with van der Waals surface area (Å²) in [5.74, 6) is 0.647. The smallest absolute Gasteiger partial charge is 0.311 e. The minimum atomic E-state index is -0.344. The highest BCUT2D eigenvalue weighted by atomic mass is 16.6. The second-order valence-electron chi connectivity index (χ2n) is 3.34. The van der Waals surface area contributed by atoms with Gasteiger partial charge in [0.15, 0.2) is 5.76 Å². The van der Waals surface area contributed by atoms with Crippen LogP contribution >= 0.6 is 0 Å². The molecule has 1 N–H and O–H groups in total. The minimum Gasteiger partial charge on any atom is -0.502 e. The summed E-state index contributed by atoms with van der Waals surface area (Å²) >= 11 is 0. The summed E-state index contributed by atoms with van der Waals surface area (Å²) in [6.45, 7) is 5.39. The highest BCUT2D eigenvalue weighted by Crippen LogP contribution is 2.36. The molecule has 1 aromatic rings. The van der Waals surface area contributed by atoms with Crippen molar-refractivity contribution in [3.8, 4) is 11.5 Å². The first-order chi connectivity index (χ1) is 7.10. The molecule has 15 heavy (non-hydrogen) atoms. The van der Waals surface area contributed by atoms with Crippen LogP contribution in [0.25, 0.3) is 0 Å². The molecule has 0 saturated carbocycles. The zero-order chi connectivity index (χ0) is 11.4. The van der Waals surface area contributed by atoms with Gasteiger partial charge in [0.05, 0.1) is 0 Å². The van der Waals surface area contributed by atoms with Gasteiger partial charge in [-0.1, -0.05) is 13.8 Å². The van der Waals surface area contributed by atoms with Crippen LogP contribution in [0.5, 0.6) is 11.5 Å². The van der Waals surface area contributed by atoms with E-state index in [1.165, 1.54) is 0 Å². The lowest BCUT2D eigenvalue weighted by molar-refractivity contribution is -0.134. The number of hydrogen-bond donors (Lipinski definition) is 1. The van der Waals surface area contributed by atoms with E-state index in [0.29, 0.717) is 24.4 Å². The van der Waals surface area contributed by atoms with Crippen molar-refractivity contribution in [3.63, 3.8) is 0 Å². The van der Waals surface area contributed by atoms with Crippen LogP contribution in [0, 0.1) is 6.92 Å². The van der Waals surface area contributed by atoms with Crippen molar-refractivity contribution in [1.29, 1.82) is 0 Å². The minimum absolute atomic E-state index is 0.0729. The van der Waals surface area contributed by atoms with E-state index in [4.69, 9.17) is 9.15 Å².